The molecule has 0 aliphatic rings. The molecule has 5 nitrogen and oxygen atoms in total. The number of carboxylic acid groups (broad SMARTS) is 1. The van der Waals surface area contributed by atoms with Crippen molar-refractivity contribution in [1.29, 1.82) is 0 Å². The van der Waals surface area contributed by atoms with E-state index in [9.17, 15) is 13.6 Å². The SMILES string of the molecule is N[C@@H](CCCCS(=O)[O-])C(=O)O. The zero-order chi connectivity index (χ0) is 9.56. The van der Waals surface area contributed by atoms with Gasteiger partial charge in [-0.15, -0.1) is 0 Å². The van der Waals surface area contributed by atoms with Gasteiger partial charge in [-0.2, -0.15) is 0 Å². The molecule has 0 saturated heterocycles. The molecule has 6 heteroatoms. The normalized spacial score (nSPS) is 15.5. The van der Waals surface area contributed by atoms with Gasteiger partial charge in [0.15, 0.2) is 0 Å². The molecule has 0 aliphatic carbocycles. The van der Waals surface area contributed by atoms with Crippen molar-refractivity contribution in [3.8, 4) is 0 Å². The number of nitrogens with two attached hydrogens (primary N) is 1. The lowest BCUT2D eigenvalue weighted by atomic mass is 10.1. The van der Waals surface area contributed by atoms with Gasteiger partial charge in [-0.1, -0.05) is 17.5 Å². The van der Waals surface area contributed by atoms with E-state index in [4.69, 9.17) is 10.8 Å². The lowest BCUT2D eigenvalue weighted by molar-refractivity contribution is -0.138. The summed E-state index contributed by atoms with van der Waals surface area (Å²) in [5.74, 6) is -0.968. The summed E-state index contributed by atoms with van der Waals surface area (Å²) in [6.45, 7) is 0. The first-order valence-electron chi connectivity index (χ1n) is 3.58. The van der Waals surface area contributed by atoms with E-state index in [1.807, 2.05) is 0 Å². The third-order valence-corrected chi connectivity index (χ3v) is 2.02. The average molecular weight is 194 g/mol. The molecule has 0 saturated carbocycles. The minimum atomic E-state index is -2.03. The van der Waals surface area contributed by atoms with Crippen LogP contribution in [0.25, 0.3) is 0 Å². The standard InChI is InChI=1S/C6H13NO4S/c7-5(6(8)9)3-1-2-4-12(10)11/h5H,1-4,7H2,(H,8,9)(H,10,11)/p-1/t5-/m0/s1. The van der Waals surface area contributed by atoms with E-state index in [1.54, 1.807) is 0 Å². The maximum Gasteiger partial charge on any atom is 0.320 e. The molecular weight excluding hydrogens is 182 g/mol. The second-order valence-corrected chi connectivity index (χ2v) is 3.46. The topological polar surface area (TPSA) is 103 Å². The molecule has 0 aromatic carbocycles. The molecule has 0 spiro atoms. The number of hydrogen-bond acceptors (Lipinski definition) is 4. The van der Waals surface area contributed by atoms with Gasteiger partial charge in [-0.05, 0) is 12.8 Å². The summed E-state index contributed by atoms with van der Waals surface area (Å²) in [5, 5.41) is 8.34. The first-order valence-corrected chi connectivity index (χ1v) is 4.82. The van der Waals surface area contributed by atoms with Crippen molar-refractivity contribution in [2.24, 2.45) is 5.73 Å². The van der Waals surface area contributed by atoms with Gasteiger partial charge in [0.1, 0.15) is 6.04 Å². The van der Waals surface area contributed by atoms with Crippen LogP contribution in [0, 0.1) is 0 Å². The van der Waals surface area contributed by atoms with Gasteiger partial charge in [0.2, 0.25) is 0 Å². The minimum Gasteiger partial charge on any atom is -0.772 e. The zero-order valence-corrected chi connectivity index (χ0v) is 7.38. The van der Waals surface area contributed by atoms with Crippen LogP contribution < -0.4 is 5.73 Å². The van der Waals surface area contributed by atoms with Crippen LogP contribution in [0.3, 0.4) is 0 Å². The minimum absolute atomic E-state index is 0.0757. The third kappa shape index (κ3) is 6.26. The van der Waals surface area contributed by atoms with Gasteiger partial charge in [0.05, 0.1) is 0 Å². The Morgan fingerprint density at radius 1 is 1.58 bits per heavy atom. The van der Waals surface area contributed by atoms with Crippen LogP contribution in [0.5, 0.6) is 0 Å². The molecule has 0 aliphatic heterocycles. The molecule has 72 valence electrons. The largest absolute Gasteiger partial charge is 0.772 e. The monoisotopic (exact) mass is 194 g/mol. The van der Waals surface area contributed by atoms with Crippen molar-refractivity contribution >= 4 is 17.0 Å². The molecule has 0 aromatic heterocycles. The highest BCUT2D eigenvalue weighted by atomic mass is 32.2. The molecule has 0 bridgehead atoms. The summed E-state index contributed by atoms with van der Waals surface area (Å²) < 4.78 is 20.1. The number of hydrogen-bond donors (Lipinski definition) is 2. The number of aliphatic carboxylic acids is 1. The maximum absolute atomic E-state index is 10.2. The van der Waals surface area contributed by atoms with Gasteiger partial charge in [-0.25, -0.2) is 0 Å². The van der Waals surface area contributed by atoms with Crippen molar-refractivity contribution in [2.45, 2.75) is 25.3 Å². The summed E-state index contributed by atoms with van der Waals surface area (Å²) in [6, 6.07) is -0.870. The summed E-state index contributed by atoms with van der Waals surface area (Å²) in [7, 11) is 0. The molecule has 0 fully saturated rings. The summed E-state index contributed by atoms with van der Waals surface area (Å²) in [6.07, 6.45) is 1.32. The van der Waals surface area contributed by atoms with Gasteiger partial charge < -0.3 is 15.4 Å². The van der Waals surface area contributed by atoms with Gasteiger partial charge in [0.25, 0.3) is 0 Å². The fourth-order valence-corrected chi connectivity index (χ4v) is 1.15. The molecule has 0 aromatic rings. The molecule has 0 radical (unpaired) electrons. The van der Waals surface area contributed by atoms with Crippen LogP contribution in [0.4, 0.5) is 0 Å². The lowest BCUT2D eigenvalue weighted by Gasteiger charge is -2.06. The smallest absolute Gasteiger partial charge is 0.320 e. The highest BCUT2D eigenvalue weighted by molar-refractivity contribution is 7.79. The predicted molar refractivity (Wildman–Crippen MR) is 43.2 cm³/mol. The van der Waals surface area contributed by atoms with Crippen molar-refractivity contribution in [2.75, 3.05) is 5.75 Å². The van der Waals surface area contributed by atoms with Crippen LogP contribution in [0.15, 0.2) is 0 Å². The van der Waals surface area contributed by atoms with E-state index in [1.165, 1.54) is 0 Å². The zero-order valence-electron chi connectivity index (χ0n) is 6.56. The van der Waals surface area contributed by atoms with E-state index < -0.39 is 23.1 Å². The van der Waals surface area contributed by atoms with Crippen molar-refractivity contribution in [1.82, 2.24) is 0 Å². The molecule has 12 heavy (non-hydrogen) atoms. The van der Waals surface area contributed by atoms with E-state index in [0.717, 1.165) is 0 Å². The van der Waals surface area contributed by atoms with E-state index >= 15 is 0 Å². The van der Waals surface area contributed by atoms with Gasteiger partial charge >= 0.3 is 5.97 Å². The number of carboxylic acids is 1. The van der Waals surface area contributed by atoms with E-state index in [0.29, 0.717) is 19.3 Å². The van der Waals surface area contributed by atoms with Gasteiger partial charge in [-0.3, -0.25) is 9.00 Å². The van der Waals surface area contributed by atoms with Crippen molar-refractivity contribution in [3.05, 3.63) is 0 Å². The Balaban J connectivity index is 3.31. The Bertz CT molecular complexity index is 173. The average Bonchev–Trinajstić information content (AvgIpc) is 1.97. The molecule has 0 rings (SSSR count). The van der Waals surface area contributed by atoms with Crippen LogP contribution >= 0.6 is 0 Å². The van der Waals surface area contributed by atoms with E-state index in [2.05, 4.69) is 0 Å². The highest BCUT2D eigenvalue weighted by Gasteiger charge is 2.09. The van der Waals surface area contributed by atoms with Crippen LogP contribution in [-0.2, 0) is 15.9 Å². The first-order chi connectivity index (χ1) is 5.54. The van der Waals surface area contributed by atoms with Gasteiger partial charge in [0, 0.05) is 5.75 Å². The summed E-state index contributed by atoms with van der Waals surface area (Å²) in [4.78, 5) is 10.2. The molecule has 0 heterocycles. The predicted octanol–water partition coefficient (Wildman–Crippen LogP) is -0.552. The maximum atomic E-state index is 10.2. The Morgan fingerprint density at radius 3 is 2.58 bits per heavy atom. The molecule has 2 atom stereocenters. The Hall–Kier alpha value is -0.460. The van der Waals surface area contributed by atoms with E-state index in [-0.39, 0.29) is 5.75 Å². The van der Waals surface area contributed by atoms with Crippen molar-refractivity contribution in [3.63, 3.8) is 0 Å². The molecule has 0 amide bonds. The van der Waals surface area contributed by atoms with Crippen LogP contribution in [0.2, 0.25) is 0 Å². The molecule has 3 N–H and O–H groups in total. The fourth-order valence-electron chi connectivity index (χ4n) is 0.708. The first kappa shape index (κ1) is 11.5. The second-order valence-electron chi connectivity index (χ2n) is 2.45. The number of unbranched alkanes of at least 4 members (excludes halogenated alkanes) is 1. The molecular formula is C6H12NO4S-. The fraction of sp³-hybridized carbons (Fsp3) is 0.833. The number of rotatable bonds is 6. The Labute approximate surface area is 73.2 Å². The lowest BCUT2D eigenvalue weighted by Crippen LogP contribution is -2.29. The highest BCUT2D eigenvalue weighted by Crippen LogP contribution is 1.99. The quantitative estimate of drug-likeness (QED) is 0.436. The number of carbonyl (C=O) groups is 1. The Morgan fingerprint density at radius 2 is 2.17 bits per heavy atom. The Kier molecular flexibility index (Phi) is 5.87. The van der Waals surface area contributed by atoms with Crippen molar-refractivity contribution < 1.29 is 18.7 Å². The summed E-state index contributed by atoms with van der Waals surface area (Å²) in [5.41, 5.74) is 5.18. The third-order valence-electron chi connectivity index (χ3n) is 1.39. The summed E-state index contributed by atoms with van der Waals surface area (Å²) >= 11 is -2.03. The van der Waals surface area contributed by atoms with Crippen LogP contribution in [-0.4, -0.2) is 31.6 Å². The van der Waals surface area contributed by atoms with Crippen LogP contribution in [0.1, 0.15) is 19.3 Å². The second kappa shape index (κ2) is 6.10. The molecule has 1 unspecified atom stereocenters.